The molecular formula is C32H28F4N14O3S2. The van der Waals surface area contributed by atoms with E-state index in [1.165, 1.54) is 23.7 Å². The first-order valence-electron chi connectivity index (χ1n) is 15.1. The van der Waals surface area contributed by atoms with Gasteiger partial charge in [0.25, 0.3) is 10.9 Å². The van der Waals surface area contributed by atoms with E-state index in [0.717, 1.165) is 22.7 Å². The van der Waals surface area contributed by atoms with Crippen molar-refractivity contribution in [1.29, 1.82) is 0 Å². The van der Waals surface area contributed by atoms with E-state index < -0.39 is 29.6 Å². The minimum Gasteiger partial charge on any atom is -0.365 e. The molecule has 6 heterocycles. The number of primary amides is 1. The summed E-state index contributed by atoms with van der Waals surface area (Å²) in [5.74, 6) is 0.266. The molecule has 0 atom stereocenters. The fraction of sp³-hybridized carbons (Fsp3) is 0.188. The van der Waals surface area contributed by atoms with Crippen LogP contribution < -0.4 is 16.4 Å². The lowest BCUT2D eigenvalue weighted by molar-refractivity contribution is 0.100. The summed E-state index contributed by atoms with van der Waals surface area (Å²) in [6.45, 7) is 14.9. The Kier molecular flexibility index (Phi) is 15.4. The van der Waals surface area contributed by atoms with Crippen LogP contribution in [0.15, 0.2) is 73.6 Å². The van der Waals surface area contributed by atoms with E-state index in [9.17, 15) is 22.4 Å². The molecule has 0 aliphatic carbocycles. The topological polar surface area (TPSA) is 235 Å². The molecule has 0 saturated carbocycles. The second-order valence-electron chi connectivity index (χ2n) is 11.2. The van der Waals surface area contributed by atoms with Gasteiger partial charge in [-0.25, -0.2) is 29.4 Å². The molecule has 6 aromatic heterocycles. The average molecular weight is 797 g/mol. The molecule has 0 aliphatic heterocycles. The number of hydrogen-bond acceptors (Lipinski definition) is 17. The van der Waals surface area contributed by atoms with Crippen LogP contribution in [0.1, 0.15) is 48.8 Å². The molecule has 0 unspecified atom stereocenters. The zero-order valence-electron chi connectivity index (χ0n) is 29.0. The van der Waals surface area contributed by atoms with Gasteiger partial charge in [0.2, 0.25) is 11.9 Å². The fourth-order valence-electron chi connectivity index (χ4n) is 3.96. The van der Waals surface area contributed by atoms with E-state index in [-0.39, 0.29) is 0 Å². The Balaban J connectivity index is 0.000000248. The summed E-state index contributed by atoms with van der Waals surface area (Å²) in [5, 5.41) is 24.5. The largest absolute Gasteiger partial charge is 0.483 e. The molecule has 0 fully saturated rings. The Labute approximate surface area is 317 Å². The number of nitrogens with two attached hydrogens (primary N) is 1. The van der Waals surface area contributed by atoms with Gasteiger partial charge in [-0.15, -0.1) is 60.6 Å². The highest BCUT2D eigenvalue weighted by molar-refractivity contribution is 7.19. The number of halogens is 4. The van der Waals surface area contributed by atoms with Gasteiger partial charge in [0.05, 0.1) is 47.6 Å². The first-order valence-corrected chi connectivity index (χ1v) is 16.7. The number of carbonyl (C=O) groups excluding carboxylic acids is 3. The lowest BCUT2D eigenvalue weighted by atomic mass is 10.0. The normalized spacial score (nSPS) is 10.5. The van der Waals surface area contributed by atoms with Gasteiger partial charge in [0.15, 0.2) is 0 Å². The molecule has 6 aromatic rings. The van der Waals surface area contributed by atoms with Gasteiger partial charge in [-0.05, 0) is 52.0 Å². The summed E-state index contributed by atoms with van der Waals surface area (Å²) in [6.07, 6.45) is 3.90. The zero-order valence-corrected chi connectivity index (χ0v) is 30.6. The molecule has 17 nitrogen and oxygen atoms in total. The molecule has 0 aliphatic rings. The van der Waals surface area contributed by atoms with E-state index in [2.05, 4.69) is 65.8 Å². The number of amides is 1. The van der Waals surface area contributed by atoms with Gasteiger partial charge in [0.1, 0.15) is 26.3 Å². The van der Waals surface area contributed by atoms with Crippen molar-refractivity contribution in [3.63, 3.8) is 0 Å². The van der Waals surface area contributed by atoms with E-state index in [0.29, 0.717) is 43.2 Å². The van der Waals surface area contributed by atoms with Crippen LogP contribution in [0.25, 0.3) is 26.2 Å². The highest BCUT2D eigenvalue weighted by Crippen LogP contribution is 2.29. The lowest BCUT2D eigenvalue weighted by Gasteiger charge is -2.25. The van der Waals surface area contributed by atoms with Gasteiger partial charge >= 0.3 is 12.6 Å². The van der Waals surface area contributed by atoms with Crippen molar-refractivity contribution in [2.75, 3.05) is 10.6 Å². The number of anilines is 2. The van der Waals surface area contributed by atoms with Crippen LogP contribution >= 0.6 is 22.7 Å². The maximum absolute atomic E-state index is 11.1. The molecule has 0 spiro atoms. The Morgan fingerprint density at radius 3 is 1.42 bits per heavy atom. The quantitative estimate of drug-likeness (QED) is 0.0744. The lowest BCUT2D eigenvalue weighted by Crippen LogP contribution is -2.30. The van der Waals surface area contributed by atoms with E-state index in [4.69, 9.17) is 21.9 Å². The highest BCUT2D eigenvalue weighted by atomic mass is 32.1. The molecule has 0 bridgehead atoms. The number of nitrogens with zero attached hydrogens (tertiary/aromatic N) is 11. The molecule has 4 N–H and O–H groups in total. The summed E-state index contributed by atoms with van der Waals surface area (Å²) < 4.78 is 38.8. The molecule has 0 radical (unpaired) electrons. The Hall–Kier alpha value is -6.80. The molecule has 0 aromatic carbocycles. The maximum Gasteiger partial charge on any atom is 0.483 e. The second-order valence-corrected chi connectivity index (χ2v) is 13.3. The van der Waals surface area contributed by atoms with Crippen molar-refractivity contribution in [3.05, 3.63) is 101 Å². The van der Waals surface area contributed by atoms with Crippen molar-refractivity contribution in [1.82, 2.24) is 50.3 Å². The maximum atomic E-state index is 11.1. The number of rotatable bonds is 9. The molecule has 55 heavy (non-hydrogen) atoms. The SMILES string of the molecule is CC(C)(Nc1ncc(-c2ncc(C(N)=O)s2)nn1)c1ccccn1.O=C(F)F.O=C(F)F.[C-]#[N+]c1cnc(-c2cnc(NC(C)(C)c3ccccn3)nn2)s1. The molecule has 1 amide bonds. The van der Waals surface area contributed by atoms with E-state index in [1.54, 1.807) is 24.8 Å². The van der Waals surface area contributed by atoms with Crippen LogP contribution in [0.4, 0.5) is 44.0 Å². The number of thiazole rings is 2. The first-order chi connectivity index (χ1) is 26.0. The van der Waals surface area contributed by atoms with Crippen molar-refractivity contribution in [2.24, 2.45) is 5.73 Å². The standard InChI is InChI=1S/C15H15N7OS.C15H13N7S.2CF2O/c1-15(2,11-5-3-4-6-17-11)20-14-19-7-9(21-22-14)13-18-8-10(24-13)12(16)23;1-15(2,11-6-4-5-7-17-11)20-14-19-8-10(21-22-14)13-18-9-12(16-3)23-13;2*2-1(3)4/h3-8H,1-2H3,(H2,16,23)(H,19,20,22);4-9H,1-2H3,(H,19,20,22);;. The number of hydrogen-bond donors (Lipinski definition) is 3. The first kappa shape index (κ1) is 42.6. The third-order valence-corrected chi connectivity index (χ3v) is 8.32. The summed E-state index contributed by atoms with van der Waals surface area (Å²) >= 11 is 2.42. The minimum absolute atomic E-state index is 0.366. The summed E-state index contributed by atoms with van der Waals surface area (Å²) in [4.78, 5) is 56.5. The second kappa shape index (κ2) is 19.9. The summed E-state index contributed by atoms with van der Waals surface area (Å²) in [7, 11) is 0. The van der Waals surface area contributed by atoms with Crippen LogP contribution in [0.3, 0.4) is 0 Å². The minimum atomic E-state index is -2.83. The predicted molar refractivity (Wildman–Crippen MR) is 194 cm³/mol. The van der Waals surface area contributed by atoms with Crippen molar-refractivity contribution >= 4 is 58.1 Å². The number of nitrogens with one attached hydrogen (secondary N) is 2. The average Bonchev–Trinajstić information content (AvgIpc) is 3.84. The molecular weight excluding hydrogens is 769 g/mol. The zero-order chi connectivity index (χ0) is 40.6. The van der Waals surface area contributed by atoms with E-state index >= 15 is 0 Å². The number of carbonyl (C=O) groups is 3. The summed E-state index contributed by atoms with van der Waals surface area (Å²) in [6, 6.07) is 11.5. The Morgan fingerprint density at radius 2 is 1.09 bits per heavy atom. The Morgan fingerprint density at radius 1 is 0.655 bits per heavy atom. The smallest absolute Gasteiger partial charge is 0.365 e. The van der Waals surface area contributed by atoms with Gasteiger partial charge in [0, 0.05) is 18.6 Å². The Bertz CT molecular complexity index is 2180. The van der Waals surface area contributed by atoms with Crippen LogP contribution in [-0.2, 0) is 11.1 Å². The van der Waals surface area contributed by atoms with Crippen molar-refractivity contribution in [2.45, 2.75) is 38.8 Å². The van der Waals surface area contributed by atoms with Gasteiger partial charge < -0.3 is 16.4 Å². The van der Waals surface area contributed by atoms with Crippen LogP contribution in [0.5, 0.6) is 0 Å². The number of pyridine rings is 2. The molecule has 23 heteroatoms. The van der Waals surface area contributed by atoms with Gasteiger partial charge in [-0.1, -0.05) is 12.1 Å². The predicted octanol–water partition coefficient (Wildman–Crippen LogP) is 7.22. The monoisotopic (exact) mass is 796 g/mol. The molecule has 284 valence electrons. The van der Waals surface area contributed by atoms with Crippen LogP contribution in [0, 0.1) is 6.57 Å². The molecule has 6 rings (SSSR count). The van der Waals surface area contributed by atoms with Crippen molar-refractivity contribution < 1.29 is 31.9 Å². The van der Waals surface area contributed by atoms with Crippen LogP contribution in [0.2, 0.25) is 0 Å². The van der Waals surface area contributed by atoms with E-state index in [1.807, 2.05) is 64.1 Å². The third-order valence-electron chi connectivity index (χ3n) is 6.37. The van der Waals surface area contributed by atoms with Gasteiger partial charge in [-0.3, -0.25) is 19.7 Å². The van der Waals surface area contributed by atoms with Gasteiger partial charge in [-0.2, -0.15) is 0 Å². The van der Waals surface area contributed by atoms with Crippen molar-refractivity contribution in [3.8, 4) is 21.4 Å². The summed E-state index contributed by atoms with van der Waals surface area (Å²) in [5.41, 5.74) is 7.11. The van der Waals surface area contributed by atoms with Crippen LogP contribution in [-0.4, -0.2) is 68.8 Å². The fourth-order valence-corrected chi connectivity index (χ4v) is 5.33. The highest BCUT2D eigenvalue weighted by Gasteiger charge is 2.24. The third kappa shape index (κ3) is 13.9. The number of aromatic nitrogens is 10. The molecule has 0 saturated heterocycles.